The summed E-state index contributed by atoms with van der Waals surface area (Å²) < 4.78 is 16.0. The molecule has 1 N–H and O–H groups in total. The van der Waals surface area contributed by atoms with Crippen molar-refractivity contribution in [2.75, 3.05) is 0 Å². The van der Waals surface area contributed by atoms with Gasteiger partial charge in [-0.3, -0.25) is 0 Å². The molecule has 7 heteroatoms. The third-order valence-corrected chi connectivity index (χ3v) is 3.85. The molecule has 0 fully saturated rings. The highest BCUT2D eigenvalue weighted by atomic mass is 16.6. The van der Waals surface area contributed by atoms with Gasteiger partial charge in [0, 0.05) is 6.07 Å². The zero-order valence-electron chi connectivity index (χ0n) is 17.2. The summed E-state index contributed by atoms with van der Waals surface area (Å²) in [6.07, 6.45) is 0.751. The van der Waals surface area contributed by atoms with E-state index in [1.54, 1.807) is 32.9 Å². The molecule has 0 saturated heterocycles. The van der Waals surface area contributed by atoms with E-state index in [2.05, 4.69) is 5.32 Å². The van der Waals surface area contributed by atoms with Crippen LogP contribution in [0.5, 0.6) is 5.75 Å². The third kappa shape index (κ3) is 5.58. The maximum Gasteiger partial charge on any atom is 0.408 e. The summed E-state index contributed by atoms with van der Waals surface area (Å²) in [4.78, 5) is 36.2. The molecule has 152 valence electrons. The van der Waals surface area contributed by atoms with Crippen molar-refractivity contribution in [1.29, 1.82) is 0 Å². The van der Waals surface area contributed by atoms with Gasteiger partial charge < -0.3 is 19.2 Å². The Bertz CT molecular complexity index is 938. The molecule has 0 aliphatic heterocycles. The van der Waals surface area contributed by atoms with Gasteiger partial charge >= 0.3 is 17.7 Å². The van der Waals surface area contributed by atoms with Crippen molar-refractivity contribution in [3.63, 3.8) is 0 Å². The second-order valence-electron chi connectivity index (χ2n) is 7.77. The number of aryl methyl sites for hydroxylation is 2. The van der Waals surface area contributed by atoms with Gasteiger partial charge in [-0.2, -0.15) is 0 Å². The molecule has 0 saturated carbocycles. The van der Waals surface area contributed by atoms with Crippen LogP contribution in [-0.4, -0.2) is 23.7 Å². The number of alkyl carbamates (subject to hydrolysis) is 1. The predicted molar refractivity (Wildman–Crippen MR) is 106 cm³/mol. The summed E-state index contributed by atoms with van der Waals surface area (Å²) in [5, 5.41) is 3.05. The number of benzene rings is 1. The molecule has 7 nitrogen and oxygen atoms in total. The lowest BCUT2D eigenvalue weighted by atomic mass is 10.0. The van der Waals surface area contributed by atoms with E-state index in [4.69, 9.17) is 13.9 Å². The first kappa shape index (κ1) is 21.5. The van der Waals surface area contributed by atoms with Crippen molar-refractivity contribution in [3.05, 3.63) is 39.7 Å². The molecule has 0 aliphatic rings. The Balaban J connectivity index is 2.31. The third-order valence-electron chi connectivity index (χ3n) is 3.85. The molecule has 0 spiro atoms. The number of carbonyl (C=O) groups is 2. The standard InChI is InChI=1S/C21H27NO6/c1-7-8-14-11-17(23)26-15-9-12(2)10-16(18(14)15)27-19(24)13(3)22-20(25)28-21(4,5)6/h9-11,13H,7-8H2,1-6H3,(H,22,25)/t13-/m1/s1. The van der Waals surface area contributed by atoms with Crippen LogP contribution in [0.1, 0.15) is 52.2 Å². The number of amides is 1. The van der Waals surface area contributed by atoms with E-state index >= 15 is 0 Å². The molecule has 0 bridgehead atoms. The molecule has 1 aromatic carbocycles. The van der Waals surface area contributed by atoms with Crippen molar-refractivity contribution >= 4 is 23.0 Å². The lowest BCUT2D eigenvalue weighted by Gasteiger charge is -2.21. The van der Waals surface area contributed by atoms with Crippen LogP contribution in [-0.2, 0) is 16.0 Å². The quantitative estimate of drug-likeness (QED) is 0.474. The molecule has 0 aliphatic carbocycles. The summed E-state index contributed by atoms with van der Waals surface area (Å²) >= 11 is 0. The van der Waals surface area contributed by atoms with Crippen LogP contribution < -0.4 is 15.7 Å². The number of esters is 1. The number of hydrogen-bond acceptors (Lipinski definition) is 6. The SMILES string of the molecule is CCCc1cc(=O)oc2cc(C)cc(OC(=O)[C@@H](C)NC(=O)OC(C)(C)C)c12. The van der Waals surface area contributed by atoms with Gasteiger partial charge in [-0.25, -0.2) is 14.4 Å². The largest absolute Gasteiger partial charge is 0.444 e. The number of fused-ring (bicyclic) bond motifs is 1. The smallest absolute Gasteiger partial charge is 0.408 e. The average Bonchev–Trinajstić information content (AvgIpc) is 2.51. The van der Waals surface area contributed by atoms with Crippen LogP contribution in [0.25, 0.3) is 11.0 Å². The predicted octanol–water partition coefficient (Wildman–Crippen LogP) is 3.87. The van der Waals surface area contributed by atoms with Crippen molar-refractivity contribution in [1.82, 2.24) is 5.32 Å². The Labute approximate surface area is 164 Å². The van der Waals surface area contributed by atoms with Crippen LogP contribution >= 0.6 is 0 Å². The Morgan fingerprint density at radius 1 is 1.21 bits per heavy atom. The molecule has 1 heterocycles. The summed E-state index contributed by atoms with van der Waals surface area (Å²) in [5.41, 5.74) is 0.780. The van der Waals surface area contributed by atoms with Gasteiger partial charge in [-0.1, -0.05) is 13.3 Å². The van der Waals surface area contributed by atoms with Crippen molar-refractivity contribution < 1.29 is 23.5 Å². The van der Waals surface area contributed by atoms with Gasteiger partial charge in [-0.05, 0) is 64.3 Å². The number of nitrogens with one attached hydrogen (secondary N) is 1. The molecular formula is C21H27NO6. The van der Waals surface area contributed by atoms with E-state index in [-0.39, 0.29) is 0 Å². The van der Waals surface area contributed by atoms with Crippen LogP contribution in [0.4, 0.5) is 4.79 Å². The number of carbonyl (C=O) groups excluding carboxylic acids is 2. The maximum atomic E-state index is 12.5. The molecule has 1 amide bonds. The number of ether oxygens (including phenoxy) is 2. The van der Waals surface area contributed by atoms with Crippen molar-refractivity contribution in [3.8, 4) is 5.75 Å². The fourth-order valence-electron chi connectivity index (χ4n) is 2.76. The van der Waals surface area contributed by atoms with E-state index in [0.717, 1.165) is 17.5 Å². The van der Waals surface area contributed by atoms with Crippen molar-refractivity contribution in [2.45, 2.75) is 66.0 Å². The van der Waals surface area contributed by atoms with Gasteiger partial charge in [0.15, 0.2) is 0 Å². The highest BCUT2D eigenvalue weighted by molar-refractivity contribution is 5.91. The maximum absolute atomic E-state index is 12.5. The summed E-state index contributed by atoms with van der Waals surface area (Å²) in [5.74, 6) is -0.351. The molecule has 1 aromatic heterocycles. The van der Waals surface area contributed by atoms with Gasteiger partial charge in [0.2, 0.25) is 0 Å². The van der Waals surface area contributed by atoms with E-state index in [9.17, 15) is 14.4 Å². The number of hydrogen-bond donors (Lipinski definition) is 1. The van der Waals surface area contributed by atoms with E-state index in [1.807, 2.05) is 13.8 Å². The second-order valence-corrected chi connectivity index (χ2v) is 7.77. The van der Waals surface area contributed by atoms with Crippen LogP contribution in [0, 0.1) is 6.92 Å². The normalized spacial score (nSPS) is 12.5. The second kappa shape index (κ2) is 8.46. The molecule has 0 unspecified atom stereocenters. The zero-order chi connectivity index (χ0) is 21.1. The lowest BCUT2D eigenvalue weighted by Crippen LogP contribution is -2.43. The van der Waals surface area contributed by atoms with Crippen LogP contribution in [0.2, 0.25) is 0 Å². The monoisotopic (exact) mass is 389 g/mol. The molecule has 2 aromatic rings. The fraction of sp³-hybridized carbons (Fsp3) is 0.476. The Morgan fingerprint density at radius 3 is 2.50 bits per heavy atom. The molecular weight excluding hydrogens is 362 g/mol. The minimum Gasteiger partial charge on any atom is -0.444 e. The average molecular weight is 389 g/mol. The van der Waals surface area contributed by atoms with Crippen LogP contribution in [0.15, 0.2) is 27.4 Å². The van der Waals surface area contributed by atoms with Gasteiger partial charge in [-0.15, -0.1) is 0 Å². The van der Waals surface area contributed by atoms with Gasteiger partial charge in [0.1, 0.15) is 23.0 Å². The number of rotatable bonds is 5. The first-order valence-electron chi connectivity index (χ1n) is 9.28. The summed E-state index contributed by atoms with van der Waals surface area (Å²) in [6.45, 7) is 10.5. The highest BCUT2D eigenvalue weighted by Gasteiger charge is 2.23. The fourth-order valence-corrected chi connectivity index (χ4v) is 2.76. The van der Waals surface area contributed by atoms with E-state index in [0.29, 0.717) is 23.1 Å². The van der Waals surface area contributed by atoms with Gasteiger partial charge in [0.25, 0.3) is 0 Å². The minimum absolute atomic E-state index is 0.296. The highest BCUT2D eigenvalue weighted by Crippen LogP contribution is 2.31. The van der Waals surface area contributed by atoms with Gasteiger partial charge in [0.05, 0.1) is 5.39 Å². The van der Waals surface area contributed by atoms with Crippen molar-refractivity contribution in [2.24, 2.45) is 0 Å². The summed E-state index contributed by atoms with van der Waals surface area (Å²) in [6, 6.07) is 3.94. The van der Waals surface area contributed by atoms with E-state index in [1.165, 1.54) is 13.0 Å². The molecule has 0 radical (unpaired) electrons. The summed E-state index contributed by atoms with van der Waals surface area (Å²) in [7, 11) is 0. The minimum atomic E-state index is -0.921. The molecule has 28 heavy (non-hydrogen) atoms. The van der Waals surface area contributed by atoms with E-state index < -0.39 is 29.3 Å². The molecule has 1 atom stereocenters. The zero-order valence-corrected chi connectivity index (χ0v) is 17.2. The topological polar surface area (TPSA) is 94.8 Å². The molecule has 2 rings (SSSR count). The van der Waals surface area contributed by atoms with Crippen LogP contribution in [0.3, 0.4) is 0 Å². The Morgan fingerprint density at radius 2 is 1.89 bits per heavy atom. The lowest BCUT2D eigenvalue weighted by molar-refractivity contribution is -0.136. The first-order chi connectivity index (χ1) is 13.0. The Kier molecular flexibility index (Phi) is 6.48. The first-order valence-corrected chi connectivity index (χ1v) is 9.28. The Hall–Kier alpha value is -2.83.